The Morgan fingerprint density at radius 2 is 1.92 bits per heavy atom. The SMILES string of the molecule is C/C=C\C(C)C1CCCCC1C. The third kappa shape index (κ3) is 2.36. The first-order valence-electron chi connectivity index (χ1n) is 5.38. The van der Waals surface area contributed by atoms with Gasteiger partial charge in [0.2, 0.25) is 0 Å². The molecule has 0 aliphatic heterocycles. The molecule has 1 saturated carbocycles. The van der Waals surface area contributed by atoms with Crippen LogP contribution in [0.5, 0.6) is 0 Å². The van der Waals surface area contributed by atoms with Crippen molar-refractivity contribution >= 4 is 0 Å². The van der Waals surface area contributed by atoms with Gasteiger partial charge in [0, 0.05) is 0 Å². The van der Waals surface area contributed by atoms with E-state index in [0.717, 1.165) is 17.8 Å². The molecule has 0 aromatic rings. The Morgan fingerprint density at radius 3 is 2.50 bits per heavy atom. The van der Waals surface area contributed by atoms with Gasteiger partial charge in [-0.15, -0.1) is 0 Å². The molecule has 0 nitrogen and oxygen atoms in total. The minimum Gasteiger partial charge on any atom is -0.0914 e. The van der Waals surface area contributed by atoms with Gasteiger partial charge in [0.15, 0.2) is 0 Å². The van der Waals surface area contributed by atoms with Crippen molar-refractivity contribution in [2.45, 2.75) is 46.5 Å². The highest BCUT2D eigenvalue weighted by Gasteiger charge is 2.24. The molecule has 3 unspecified atom stereocenters. The van der Waals surface area contributed by atoms with Gasteiger partial charge in [0.25, 0.3) is 0 Å². The van der Waals surface area contributed by atoms with Gasteiger partial charge in [-0.2, -0.15) is 0 Å². The molecule has 0 amide bonds. The van der Waals surface area contributed by atoms with Gasteiger partial charge in [-0.3, -0.25) is 0 Å². The van der Waals surface area contributed by atoms with Crippen LogP contribution in [-0.4, -0.2) is 0 Å². The summed E-state index contributed by atoms with van der Waals surface area (Å²) in [7, 11) is 0. The third-order valence-corrected chi connectivity index (χ3v) is 3.35. The lowest BCUT2D eigenvalue weighted by Gasteiger charge is -2.32. The molecule has 1 rings (SSSR count). The van der Waals surface area contributed by atoms with Gasteiger partial charge in [-0.05, 0) is 31.1 Å². The molecule has 12 heavy (non-hydrogen) atoms. The van der Waals surface area contributed by atoms with Crippen LogP contribution in [0.1, 0.15) is 46.5 Å². The summed E-state index contributed by atoms with van der Waals surface area (Å²) in [5.41, 5.74) is 0. The Labute approximate surface area is 77.1 Å². The molecule has 0 N–H and O–H groups in total. The van der Waals surface area contributed by atoms with Crippen LogP contribution in [0, 0.1) is 17.8 Å². The maximum absolute atomic E-state index is 2.42. The fourth-order valence-corrected chi connectivity index (χ4v) is 2.57. The second kappa shape index (κ2) is 4.69. The van der Waals surface area contributed by atoms with Gasteiger partial charge >= 0.3 is 0 Å². The molecule has 1 aliphatic carbocycles. The monoisotopic (exact) mass is 166 g/mol. The Bertz CT molecular complexity index is 146. The van der Waals surface area contributed by atoms with E-state index in [9.17, 15) is 0 Å². The molecule has 0 heterocycles. The maximum atomic E-state index is 2.42. The Hall–Kier alpha value is -0.260. The standard InChI is InChI=1S/C12H22/c1-4-7-10(2)12-9-6-5-8-11(12)3/h4,7,10-12H,5-6,8-9H2,1-3H3/b7-4-. The summed E-state index contributed by atoms with van der Waals surface area (Å²) in [5, 5.41) is 0. The first-order valence-corrected chi connectivity index (χ1v) is 5.38. The fraction of sp³-hybridized carbons (Fsp3) is 0.833. The lowest BCUT2D eigenvalue weighted by molar-refractivity contribution is 0.211. The number of hydrogen-bond acceptors (Lipinski definition) is 0. The third-order valence-electron chi connectivity index (χ3n) is 3.35. The molecule has 0 radical (unpaired) electrons. The molecule has 0 saturated heterocycles. The molecule has 0 aromatic heterocycles. The number of rotatable bonds is 2. The lowest BCUT2D eigenvalue weighted by Crippen LogP contribution is -2.22. The van der Waals surface area contributed by atoms with E-state index in [-0.39, 0.29) is 0 Å². The van der Waals surface area contributed by atoms with Crippen LogP contribution in [0.15, 0.2) is 12.2 Å². The largest absolute Gasteiger partial charge is 0.0914 e. The predicted octanol–water partition coefficient (Wildman–Crippen LogP) is 4.02. The summed E-state index contributed by atoms with van der Waals surface area (Å²) in [6.07, 6.45) is 10.4. The van der Waals surface area contributed by atoms with E-state index in [2.05, 4.69) is 32.9 Å². The summed E-state index contributed by atoms with van der Waals surface area (Å²) in [5.74, 6) is 2.70. The molecule has 70 valence electrons. The second-order valence-electron chi connectivity index (χ2n) is 4.31. The van der Waals surface area contributed by atoms with Crippen molar-refractivity contribution in [2.24, 2.45) is 17.8 Å². The van der Waals surface area contributed by atoms with Gasteiger partial charge in [-0.25, -0.2) is 0 Å². The quantitative estimate of drug-likeness (QED) is 0.543. The highest BCUT2D eigenvalue weighted by atomic mass is 14.3. The average molecular weight is 166 g/mol. The zero-order valence-electron chi connectivity index (χ0n) is 8.72. The second-order valence-corrected chi connectivity index (χ2v) is 4.31. The van der Waals surface area contributed by atoms with Crippen molar-refractivity contribution in [3.05, 3.63) is 12.2 Å². The van der Waals surface area contributed by atoms with Gasteiger partial charge in [0.1, 0.15) is 0 Å². The minimum absolute atomic E-state index is 0.797. The van der Waals surface area contributed by atoms with E-state index in [1.165, 1.54) is 25.7 Å². The van der Waals surface area contributed by atoms with E-state index in [1.807, 2.05) is 0 Å². The van der Waals surface area contributed by atoms with Gasteiger partial charge in [0.05, 0.1) is 0 Å². The van der Waals surface area contributed by atoms with Crippen molar-refractivity contribution in [2.75, 3.05) is 0 Å². The number of allylic oxidation sites excluding steroid dienone is 2. The molecular formula is C12H22. The van der Waals surface area contributed by atoms with Crippen LogP contribution in [0.3, 0.4) is 0 Å². The van der Waals surface area contributed by atoms with Crippen LogP contribution in [0.25, 0.3) is 0 Å². The van der Waals surface area contributed by atoms with Crippen LogP contribution < -0.4 is 0 Å². The zero-order valence-corrected chi connectivity index (χ0v) is 8.72. The average Bonchev–Trinajstić information content (AvgIpc) is 2.05. The highest BCUT2D eigenvalue weighted by Crippen LogP contribution is 2.35. The highest BCUT2D eigenvalue weighted by molar-refractivity contribution is 4.89. The summed E-state index contributed by atoms with van der Waals surface area (Å²) in [6.45, 7) is 6.92. The summed E-state index contributed by atoms with van der Waals surface area (Å²) in [4.78, 5) is 0. The smallest absolute Gasteiger partial charge is 0.0231 e. The lowest BCUT2D eigenvalue weighted by atomic mass is 9.74. The Kier molecular flexibility index (Phi) is 3.84. The van der Waals surface area contributed by atoms with E-state index >= 15 is 0 Å². The van der Waals surface area contributed by atoms with E-state index in [4.69, 9.17) is 0 Å². The van der Waals surface area contributed by atoms with Crippen molar-refractivity contribution in [3.63, 3.8) is 0 Å². The van der Waals surface area contributed by atoms with E-state index in [1.54, 1.807) is 0 Å². The molecule has 1 fully saturated rings. The van der Waals surface area contributed by atoms with Crippen molar-refractivity contribution in [3.8, 4) is 0 Å². The van der Waals surface area contributed by atoms with Gasteiger partial charge in [-0.1, -0.05) is 45.3 Å². The molecule has 0 bridgehead atoms. The Balaban J connectivity index is 2.47. The van der Waals surface area contributed by atoms with Crippen LogP contribution in [0.4, 0.5) is 0 Å². The molecular weight excluding hydrogens is 144 g/mol. The zero-order chi connectivity index (χ0) is 8.97. The first kappa shape index (κ1) is 9.83. The molecule has 0 aromatic carbocycles. The normalized spacial score (nSPS) is 33.9. The number of hydrogen-bond donors (Lipinski definition) is 0. The van der Waals surface area contributed by atoms with Crippen LogP contribution in [-0.2, 0) is 0 Å². The van der Waals surface area contributed by atoms with Crippen molar-refractivity contribution < 1.29 is 0 Å². The minimum atomic E-state index is 0.797. The predicted molar refractivity (Wildman–Crippen MR) is 55.1 cm³/mol. The summed E-state index contributed by atoms with van der Waals surface area (Å²) in [6, 6.07) is 0. The topological polar surface area (TPSA) is 0 Å². The van der Waals surface area contributed by atoms with Crippen LogP contribution >= 0.6 is 0 Å². The van der Waals surface area contributed by atoms with Crippen LogP contribution in [0.2, 0.25) is 0 Å². The van der Waals surface area contributed by atoms with E-state index in [0.29, 0.717) is 0 Å². The first-order chi connectivity index (χ1) is 5.75. The van der Waals surface area contributed by atoms with Gasteiger partial charge < -0.3 is 0 Å². The Morgan fingerprint density at radius 1 is 1.25 bits per heavy atom. The molecule has 1 aliphatic rings. The van der Waals surface area contributed by atoms with E-state index < -0.39 is 0 Å². The van der Waals surface area contributed by atoms with Crippen molar-refractivity contribution in [1.82, 2.24) is 0 Å². The molecule has 3 atom stereocenters. The fourth-order valence-electron chi connectivity index (χ4n) is 2.57. The maximum Gasteiger partial charge on any atom is -0.0231 e. The molecule has 0 heteroatoms. The van der Waals surface area contributed by atoms with Crippen molar-refractivity contribution in [1.29, 1.82) is 0 Å². The summed E-state index contributed by atoms with van der Waals surface area (Å²) < 4.78 is 0. The summed E-state index contributed by atoms with van der Waals surface area (Å²) >= 11 is 0. The molecule has 0 spiro atoms.